The predicted molar refractivity (Wildman–Crippen MR) is 89.5 cm³/mol. The molecular formula is C14H23ClN2O2S2. The molecule has 1 aromatic heterocycles. The molecule has 1 aliphatic rings. The van der Waals surface area contributed by atoms with Crippen LogP contribution in [0.2, 0.25) is 0 Å². The molecule has 0 radical (unpaired) electrons. The van der Waals surface area contributed by atoms with Crippen molar-refractivity contribution in [2.75, 3.05) is 37.8 Å². The highest BCUT2D eigenvalue weighted by Crippen LogP contribution is 2.16. The molecule has 21 heavy (non-hydrogen) atoms. The van der Waals surface area contributed by atoms with E-state index in [9.17, 15) is 8.42 Å². The molecule has 0 bridgehead atoms. The van der Waals surface area contributed by atoms with E-state index in [0.717, 1.165) is 26.1 Å². The van der Waals surface area contributed by atoms with Crippen molar-refractivity contribution in [3.05, 3.63) is 22.4 Å². The first-order valence-corrected chi connectivity index (χ1v) is 10.3. The van der Waals surface area contributed by atoms with Gasteiger partial charge in [0, 0.05) is 36.9 Å². The van der Waals surface area contributed by atoms with Crippen LogP contribution in [0.25, 0.3) is 0 Å². The van der Waals surface area contributed by atoms with E-state index < -0.39 is 10.0 Å². The Morgan fingerprint density at radius 3 is 2.81 bits per heavy atom. The minimum Gasteiger partial charge on any atom is -0.297 e. The van der Waals surface area contributed by atoms with E-state index in [1.54, 1.807) is 15.6 Å². The maximum atomic E-state index is 12.4. The highest BCUT2D eigenvalue weighted by Gasteiger charge is 2.26. The number of thiophene rings is 1. The average molecular weight is 351 g/mol. The fraction of sp³-hybridized carbons (Fsp3) is 0.714. The lowest BCUT2D eigenvalue weighted by atomic mass is 10.3. The van der Waals surface area contributed by atoms with Crippen molar-refractivity contribution >= 4 is 33.0 Å². The number of hydrogen-bond acceptors (Lipinski definition) is 4. The Kier molecular flexibility index (Phi) is 6.50. The predicted octanol–water partition coefficient (Wildman–Crippen LogP) is 2.46. The van der Waals surface area contributed by atoms with E-state index in [0.29, 0.717) is 19.0 Å². The molecule has 1 aliphatic heterocycles. The lowest BCUT2D eigenvalue weighted by Gasteiger charge is -2.22. The zero-order chi connectivity index (χ0) is 15.3. The molecule has 7 heteroatoms. The molecule has 2 heterocycles. The molecule has 0 aliphatic carbocycles. The van der Waals surface area contributed by atoms with Gasteiger partial charge in [0.25, 0.3) is 0 Å². The number of rotatable bonds is 6. The third-order valence-electron chi connectivity index (χ3n) is 3.66. The summed E-state index contributed by atoms with van der Waals surface area (Å²) in [7, 11) is -3.18. The van der Waals surface area contributed by atoms with Gasteiger partial charge in [0.2, 0.25) is 10.0 Å². The molecule has 1 aromatic rings. The molecule has 0 saturated carbocycles. The fourth-order valence-corrected chi connectivity index (χ4v) is 5.32. The third-order valence-corrected chi connectivity index (χ3v) is 7.19. The smallest absolute Gasteiger partial charge is 0.214 e. The molecule has 2 rings (SSSR count). The van der Waals surface area contributed by atoms with E-state index in [2.05, 4.69) is 22.4 Å². The van der Waals surface area contributed by atoms with Crippen molar-refractivity contribution in [2.45, 2.75) is 19.9 Å². The Morgan fingerprint density at radius 1 is 1.33 bits per heavy atom. The molecule has 0 N–H and O–H groups in total. The summed E-state index contributed by atoms with van der Waals surface area (Å²) < 4.78 is 26.4. The van der Waals surface area contributed by atoms with Crippen LogP contribution in [0.4, 0.5) is 0 Å². The van der Waals surface area contributed by atoms with Crippen LogP contribution in [-0.2, 0) is 16.6 Å². The monoisotopic (exact) mass is 350 g/mol. The Labute approximate surface area is 136 Å². The summed E-state index contributed by atoms with van der Waals surface area (Å²) in [5.41, 5.74) is 0. The van der Waals surface area contributed by atoms with Crippen molar-refractivity contribution < 1.29 is 8.42 Å². The molecule has 4 nitrogen and oxygen atoms in total. The molecule has 120 valence electrons. The molecule has 1 saturated heterocycles. The standard InChI is InChI=1S/C14H23ClN2O2S2/c1-13(10-15)12-21(18,19)17-6-3-5-16(7-8-17)11-14-4-2-9-20-14/h2,4,9,13H,3,5-8,10-12H2,1H3. The van der Waals surface area contributed by atoms with Gasteiger partial charge in [-0.2, -0.15) is 0 Å². The van der Waals surface area contributed by atoms with Crippen LogP contribution >= 0.6 is 22.9 Å². The van der Waals surface area contributed by atoms with E-state index in [1.165, 1.54) is 4.88 Å². The van der Waals surface area contributed by atoms with Crippen molar-refractivity contribution in [2.24, 2.45) is 5.92 Å². The number of hydrogen-bond donors (Lipinski definition) is 0. The van der Waals surface area contributed by atoms with Crippen LogP contribution in [0.3, 0.4) is 0 Å². The fourth-order valence-electron chi connectivity index (χ4n) is 2.52. The normalized spacial score (nSPS) is 20.3. The van der Waals surface area contributed by atoms with Gasteiger partial charge in [-0.25, -0.2) is 12.7 Å². The van der Waals surface area contributed by atoms with E-state index in [1.807, 2.05) is 6.92 Å². The minimum atomic E-state index is -3.18. The highest BCUT2D eigenvalue weighted by atomic mass is 35.5. The molecule has 0 aromatic carbocycles. The van der Waals surface area contributed by atoms with Gasteiger partial charge in [-0.15, -0.1) is 22.9 Å². The number of nitrogens with zero attached hydrogens (tertiary/aromatic N) is 2. The van der Waals surface area contributed by atoms with Crippen LogP contribution in [-0.4, -0.2) is 55.4 Å². The molecule has 1 unspecified atom stereocenters. The summed E-state index contributed by atoms with van der Waals surface area (Å²) >= 11 is 7.49. The number of halogens is 1. The quantitative estimate of drug-likeness (QED) is 0.740. The number of alkyl halides is 1. The Balaban J connectivity index is 1.91. The van der Waals surface area contributed by atoms with Crippen molar-refractivity contribution in [1.29, 1.82) is 0 Å². The number of sulfonamides is 1. The van der Waals surface area contributed by atoms with Crippen LogP contribution in [0.15, 0.2) is 17.5 Å². The van der Waals surface area contributed by atoms with Crippen molar-refractivity contribution in [3.63, 3.8) is 0 Å². The molecule has 1 atom stereocenters. The summed E-state index contributed by atoms with van der Waals surface area (Å²) in [5.74, 6) is 0.543. The van der Waals surface area contributed by atoms with Gasteiger partial charge >= 0.3 is 0 Å². The lowest BCUT2D eigenvalue weighted by Crippen LogP contribution is -2.38. The van der Waals surface area contributed by atoms with Gasteiger partial charge in [-0.3, -0.25) is 4.90 Å². The summed E-state index contributed by atoms with van der Waals surface area (Å²) in [5, 5.41) is 2.08. The highest BCUT2D eigenvalue weighted by molar-refractivity contribution is 7.89. The summed E-state index contributed by atoms with van der Waals surface area (Å²) in [4.78, 5) is 3.67. The first kappa shape index (κ1) is 17.2. The van der Waals surface area contributed by atoms with Crippen molar-refractivity contribution in [3.8, 4) is 0 Å². The average Bonchev–Trinajstić information content (AvgIpc) is 2.82. The first-order valence-electron chi connectivity index (χ1n) is 7.30. The van der Waals surface area contributed by atoms with Crippen LogP contribution < -0.4 is 0 Å². The topological polar surface area (TPSA) is 40.6 Å². The Hall–Kier alpha value is -0.140. The van der Waals surface area contributed by atoms with E-state index >= 15 is 0 Å². The third kappa shape index (κ3) is 5.21. The van der Waals surface area contributed by atoms with Gasteiger partial charge < -0.3 is 0 Å². The van der Waals surface area contributed by atoms with Gasteiger partial charge in [-0.05, 0) is 30.3 Å². The Bertz CT molecular complexity index is 519. The molecule has 0 spiro atoms. The zero-order valence-corrected chi connectivity index (χ0v) is 14.8. The van der Waals surface area contributed by atoms with Gasteiger partial charge in [0.1, 0.15) is 0 Å². The molecule has 1 fully saturated rings. The van der Waals surface area contributed by atoms with Crippen LogP contribution in [0, 0.1) is 5.92 Å². The second-order valence-corrected chi connectivity index (χ2v) is 9.00. The second-order valence-electron chi connectivity index (χ2n) is 5.65. The molecular weight excluding hydrogens is 328 g/mol. The minimum absolute atomic E-state index is 0.00198. The van der Waals surface area contributed by atoms with Crippen LogP contribution in [0.5, 0.6) is 0 Å². The second kappa shape index (κ2) is 7.92. The maximum Gasteiger partial charge on any atom is 0.214 e. The van der Waals surface area contributed by atoms with Crippen LogP contribution in [0.1, 0.15) is 18.2 Å². The SMILES string of the molecule is CC(CCl)CS(=O)(=O)N1CCCN(Cc2cccs2)CC1. The van der Waals surface area contributed by atoms with Gasteiger partial charge in [-0.1, -0.05) is 13.0 Å². The van der Waals surface area contributed by atoms with Gasteiger partial charge in [0.15, 0.2) is 0 Å². The maximum absolute atomic E-state index is 12.4. The van der Waals surface area contributed by atoms with E-state index in [4.69, 9.17) is 11.6 Å². The Morgan fingerprint density at radius 2 is 2.14 bits per heavy atom. The van der Waals surface area contributed by atoms with E-state index in [-0.39, 0.29) is 11.7 Å². The van der Waals surface area contributed by atoms with Gasteiger partial charge in [0.05, 0.1) is 5.75 Å². The largest absolute Gasteiger partial charge is 0.297 e. The lowest BCUT2D eigenvalue weighted by molar-refractivity contribution is 0.281. The first-order chi connectivity index (χ1) is 10.0. The molecule has 0 amide bonds. The zero-order valence-electron chi connectivity index (χ0n) is 12.4. The summed E-state index contributed by atoms with van der Waals surface area (Å²) in [6.07, 6.45) is 0.889. The summed E-state index contributed by atoms with van der Waals surface area (Å²) in [6.45, 7) is 5.76. The van der Waals surface area contributed by atoms with Crippen molar-refractivity contribution in [1.82, 2.24) is 9.21 Å². The summed E-state index contributed by atoms with van der Waals surface area (Å²) in [6, 6.07) is 4.19.